The third kappa shape index (κ3) is 5.39. The molecule has 2 amide bonds. The average Bonchev–Trinajstić information content (AvgIpc) is 2.75. The predicted octanol–water partition coefficient (Wildman–Crippen LogP) is 4.30. The molecule has 6 nitrogen and oxygen atoms in total. The summed E-state index contributed by atoms with van der Waals surface area (Å²) in [5.41, 5.74) is 2.99. The van der Waals surface area contributed by atoms with E-state index in [4.69, 9.17) is 4.74 Å². The summed E-state index contributed by atoms with van der Waals surface area (Å²) in [5, 5.41) is 5.47. The van der Waals surface area contributed by atoms with Crippen LogP contribution in [0.5, 0.6) is 5.75 Å². The van der Waals surface area contributed by atoms with Gasteiger partial charge in [0, 0.05) is 12.2 Å². The maximum Gasteiger partial charge on any atom is 0.319 e. The monoisotopic (exact) mass is 424 g/mol. The van der Waals surface area contributed by atoms with Gasteiger partial charge in [0.2, 0.25) is 0 Å². The highest BCUT2D eigenvalue weighted by molar-refractivity contribution is 7.90. The summed E-state index contributed by atoms with van der Waals surface area (Å²) < 4.78 is 30.9. The minimum atomic E-state index is -3.54. The SMILES string of the molecule is COc1cccc(CS(=O)(=O)c2ccc(NC(=O)NCc3ccccc3)cc2)c1C. The van der Waals surface area contributed by atoms with Crippen molar-refractivity contribution in [3.05, 3.63) is 89.5 Å². The molecule has 3 aromatic carbocycles. The van der Waals surface area contributed by atoms with E-state index in [0.29, 0.717) is 23.5 Å². The van der Waals surface area contributed by atoms with E-state index in [-0.39, 0.29) is 16.7 Å². The quantitative estimate of drug-likeness (QED) is 0.592. The summed E-state index contributed by atoms with van der Waals surface area (Å²) in [7, 11) is -1.98. The van der Waals surface area contributed by atoms with Crippen LogP contribution >= 0.6 is 0 Å². The van der Waals surface area contributed by atoms with E-state index in [9.17, 15) is 13.2 Å². The first-order chi connectivity index (χ1) is 14.4. The summed E-state index contributed by atoms with van der Waals surface area (Å²) in [6.07, 6.45) is 0. The molecule has 0 saturated heterocycles. The Labute approximate surface area is 176 Å². The van der Waals surface area contributed by atoms with Gasteiger partial charge in [-0.05, 0) is 53.9 Å². The third-order valence-corrected chi connectivity index (χ3v) is 6.41. The summed E-state index contributed by atoms with van der Waals surface area (Å²) in [4.78, 5) is 12.2. The fourth-order valence-corrected chi connectivity index (χ4v) is 4.46. The van der Waals surface area contributed by atoms with Crippen molar-refractivity contribution in [3.63, 3.8) is 0 Å². The van der Waals surface area contributed by atoms with Gasteiger partial charge in [0.05, 0.1) is 17.8 Å². The highest BCUT2D eigenvalue weighted by Gasteiger charge is 2.18. The summed E-state index contributed by atoms with van der Waals surface area (Å²) in [5.74, 6) is 0.532. The van der Waals surface area contributed by atoms with Crippen LogP contribution in [0.3, 0.4) is 0 Å². The van der Waals surface area contributed by atoms with Gasteiger partial charge in [-0.2, -0.15) is 0 Å². The Hall–Kier alpha value is -3.32. The van der Waals surface area contributed by atoms with Crippen LogP contribution in [0.1, 0.15) is 16.7 Å². The molecule has 3 rings (SSSR count). The lowest BCUT2D eigenvalue weighted by atomic mass is 10.1. The Morgan fingerprint density at radius 2 is 1.63 bits per heavy atom. The zero-order chi connectivity index (χ0) is 21.6. The summed E-state index contributed by atoms with van der Waals surface area (Å²) in [6, 6.07) is 20.7. The van der Waals surface area contributed by atoms with Crippen molar-refractivity contribution < 1.29 is 17.9 Å². The Morgan fingerprint density at radius 1 is 0.933 bits per heavy atom. The molecule has 2 N–H and O–H groups in total. The molecule has 0 aliphatic rings. The van der Waals surface area contributed by atoms with Gasteiger partial charge in [0.1, 0.15) is 5.75 Å². The van der Waals surface area contributed by atoms with Crippen molar-refractivity contribution in [2.75, 3.05) is 12.4 Å². The number of methoxy groups -OCH3 is 1. The van der Waals surface area contributed by atoms with Gasteiger partial charge in [-0.25, -0.2) is 13.2 Å². The first kappa shape index (κ1) is 21.4. The largest absolute Gasteiger partial charge is 0.496 e. The minimum Gasteiger partial charge on any atom is -0.496 e. The smallest absolute Gasteiger partial charge is 0.319 e. The first-order valence-corrected chi connectivity index (χ1v) is 11.1. The van der Waals surface area contributed by atoms with Crippen molar-refractivity contribution in [2.45, 2.75) is 24.1 Å². The number of nitrogens with one attached hydrogen (secondary N) is 2. The number of ether oxygens (including phenoxy) is 1. The molecule has 0 radical (unpaired) electrons. The van der Waals surface area contributed by atoms with Crippen molar-refractivity contribution >= 4 is 21.6 Å². The molecule has 0 spiro atoms. The van der Waals surface area contributed by atoms with Crippen molar-refractivity contribution in [1.29, 1.82) is 0 Å². The number of sulfone groups is 1. The van der Waals surface area contributed by atoms with Crippen LogP contribution in [0.4, 0.5) is 10.5 Å². The third-order valence-electron chi connectivity index (χ3n) is 4.73. The average molecular weight is 425 g/mol. The summed E-state index contributed by atoms with van der Waals surface area (Å²) >= 11 is 0. The number of anilines is 1. The Kier molecular flexibility index (Phi) is 6.74. The standard InChI is InChI=1S/C23H24N2O4S/c1-17-19(9-6-10-22(17)29-2)16-30(27,28)21-13-11-20(12-14-21)25-23(26)24-15-18-7-4-3-5-8-18/h3-14H,15-16H2,1-2H3,(H2,24,25,26). The number of hydrogen-bond acceptors (Lipinski definition) is 4. The molecule has 7 heteroatoms. The van der Waals surface area contributed by atoms with Crippen LogP contribution < -0.4 is 15.4 Å². The van der Waals surface area contributed by atoms with Crippen LogP contribution in [0.2, 0.25) is 0 Å². The molecule has 0 unspecified atom stereocenters. The zero-order valence-corrected chi connectivity index (χ0v) is 17.7. The molecule has 0 aliphatic carbocycles. The number of benzene rings is 3. The first-order valence-electron chi connectivity index (χ1n) is 9.43. The molecule has 0 atom stereocenters. The number of amides is 2. The lowest BCUT2D eigenvalue weighted by Crippen LogP contribution is -2.28. The lowest BCUT2D eigenvalue weighted by Gasteiger charge is -2.12. The summed E-state index contributed by atoms with van der Waals surface area (Å²) in [6.45, 7) is 2.24. The molecule has 0 heterocycles. The minimum absolute atomic E-state index is 0.125. The number of rotatable bonds is 7. The molecule has 0 aliphatic heterocycles. The molecule has 0 bridgehead atoms. The van der Waals surface area contributed by atoms with Crippen molar-refractivity contribution in [1.82, 2.24) is 5.32 Å². The van der Waals surface area contributed by atoms with E-state index >= 15 is 0 Å². The van der Waals surface area contributed by atoms with Crippen LogP contribution in [0.15, 0.2) is 77.7 Å². The molecular weight excluding hydrogens is 400 g/mol. The van der Waals surface area contributed by atoms with Crippen molar-refractivity contribution in [2.24, 2.45) is 0 Å². The van der Waals surface area contributed by atoms with Gasteiger partial charge < -0.3 is 15.4 Å². The van der Waals surface area contributed by atoms with E-state index in [2.05, 4.69) is 10.6 Å². The fraction of sp³-hybridized carbons (Fsp3) is 0.174. The fourth-order valence-electron chi connectivity index (χ4n) is 3.02. The Morgan fingerprint density at radius 3 is 2.30 bits per heavy atom. The molecule has 0 saturated carbocycles. The van der Waals surface area contributed by atoms with Gasteiger partial charge in [-0.15, -0.1) is 0 Å². The van der Waals surface area contributed by atoms with Crippen molar-refractivity contribution in [3.8, 4) is 5.75 Å². The second-order valence-corrected chi connectivity index (χ2v) is 8.81. The van der Waals surface area contributed by atoms with Gasteiger partial charge >= 0.3 is 6.03 Å². The highest BCUT2D eigenvalue weighted by Crippen LogP contribution is 2.25. The predicted molar refractivity (Wildman–Crippen MR) is 117 cm³/mol. The van der Waals surface area contributed by atoms with Crippen LogP contribution in [0.25, 0.3) is 0 Å². The van der Waals surface area contributed by atoms with E-state index in [1.807, 2.05) is 37.3 Å². The lowest BCUT2D eigenvalue weighted by molar-refractivity contribution is 0.251. The number of hydrogen-bond donors (Lipinski definition) is 2. The van der Waals surface area contributed by atoms with Crippen LogP contribution in [0, 0.1) is 6.92 Å². The Bertz CT molecular complexity index is 1110. The van der Waals surface area contributed by atoms with E-state index < -0.39 is 9.84 Å². The van der Waals surface area contributed by atoms with Gasteiger partial charge in [-0.1, -0.05) is 42.5 Å². The normalized spacial score (nSPS) is 11.0. The number of carbonyl (C=O) groups excluding carboxylic acids is 1. The zero-order valence-electron chi connectivity index (χ0n) is 16.9. The maximum absolute atomic E-state index is 12.8. The maximum atomic E-state index is 12.8. The molecule has 156 valence electrons. The number of carbonyl (C=O) groups is 1. The molecule has 3 aromatic rings. The second-order valence-electron chi connectivity index (χ2n) is 6.82. The van der Waals surface area contributed by atoms with Crippen LogP contribution in [-0.4, -0.2) is 21.6 Å². The topological polar surface area (TPSA) is 84.5 Å². The van der Waals surface area contributed by atoms with Gasteiger partial charge in [0.25, 0.3) is 0 Å². The molecule has 30 heavy (non-hydrogen) atoms. The number of urea groups is 1. The van der Waals surface area contributed by atoms with Gasteiger partial charge in [0.15, 0.2) is 9.84 Å². The van der Waals surface area contributed by atoms with Gasteiger partial charge in [-0.3, -0.25) is 0 Å². The second kappa shape index (κ2) is 9.45. The molecule has 0 aromatic heterocycles. The highest BCUT2D eigenvalue weighted by atomic mass is 32.2. The van der Waals surface area contributed by atoms with Crippen LogP contribution in [-0.2, 0) is 22.1 Å². The van der Waals surface area contributed by atoms with E-state index in [1.54, 1.807) is 37.4 Å². The van der Waals surface area contributed by atoms with E-state index in [1.165, 1.54) is 12.1 Å². The Balaban J connectivity index is 1.63. The van der Waals surface area contributed by atoms with E-state index in [0.717, 1.165) is 11.1 Å². The molecular formula is C23H24N2O4S. The molecule has 0 fully saturated rings.